The van der Waals surface area contributed by atoms with Gasteiger partial charge >= 0.3 is 6.03 Å². The molecule has 31 heavy (non-hydrogen) atoms. The smallest absolute Gasteiger partial charge is 0.319 e. The van der Waals surface area contributed by atoms with Crippen LogP contribution in [0.2, 0.25) is 0 Å². The largest absolute Gasteiger partial charge is 0.487 e. The van der Waals surface area contributed by atoms with Crippen LogP contribution in [0.5, 0.6) is 11.5 Å². The van der Waals surface area contributed by atoms with Crippen LogP contribution in [-0.4, -0.2) is 103 Å². The lowest BCUT2D eigenvalue weighted by atomic mass is 10.2. The van der Waals surface area contributed by atoms with E-state index in [9.17, 15) is 4.79 Å². The molecule has 0 saturated carbocycles. The van der Waals surface area contributed by atoms with Crippen LogP contribution in [0.3, 0.4) is 0 Å². The molecule has 1 saturated heterocycles. The average molecular weight is 440 g/mol. The normalized spacial score (nSPS) is 19.6. The minimum absolute atomic E-state index is 0.261. The lowest BCUT2D eigenvalue weighted by Crippen LogP contribution is -2.42. The fourth-order valence-corrected chi connectivity index (χ4v) is 3.11. The topological polar surface area (TPSA) is 99.8 Å². The van der Waals surface area contributed by atoms with Gasteiger partial charge in [-0.2, -0.15) is 0 Å². The van der Waals surface area contributed by atoms with Crippen molar-refractivity contribution in [1.82, 2.24) is 10.2 Å². The van der Waals surface area contributed by atoms with Gasteiger partial charge in [-0.05, 0) is 12.1 Å². The van der Waals surface area contributed by atoms with Gasteiger partial charge in [-0.3, -0.25) is 4.90 Å². The van der Waals surface area contributed by atoms with E-state index < -0.39 is 0 Å². The lowest BCUT2D eigenvalue weighted by Gasteiger charge is -2.26. The summed E-state index contributed by atoms with van der Waals surface area (Å²) in [6, 6.07) is 5.05. The Hall–Kier alpha value is -2.11. The minimum atomic E-state index is -0.261. The number of fused-ring (bicyclic) bond motifs is 1. The summed E-state index contributed by atoms with van der Waals surface area (Å²) in [6.45, 7) is 8.33. The molecule has 0 unspecified atom stereocenters. The maximum atomic E-state index is 12.2. The summed E-state index contributed by atoms with van der Waals surface area (Å²) in [4.78, 5) is 14.5. The van der Waals surface area contributed by atoms with Crippen molar-refractivity contribution in [2.45, 2.75) is 0 Å². The van der Waals surface area contributed by atoms with Crippen LogP contribution in [0.15, 0.2) is 18.2 Å². The molecule has 0 aliphatic carbocycles. The van der Waals surface area contributed by atoms with E-state index in [4.69, 9.17) is 28.4 Å². The van der Waals surface area contributed by atoms with Crippen molar-refractivity contribution in [1.29, 1.82) is 0 Å². The zero-order chi connectivity index (χ0) is 21.6. The average Bonchev–Trinajstić information content (AvgIpc) is 2.79. The minimum Gasteiger partial charge on any atom is -0.487 e. The van der Waals surface area contributed by atoms with Crippen molar-refractivity contribution in [2.24, 2.45) is 0 Å². The third-order valence-corrected chi connectivity index (χ3v) is 4.73. The summed E-state index contributed by atoms with van der Waals surface area (Å²) in [6.07, 6.45) is 0. The van der Waals surface area contributed by atoms with E-state index in [0.29, 0.717) is 76.6 Å². The zero-order valence-electron chi connectivity index (χ0n) is 17.9. The highest BCUT2D eigenvalue weighted by Crippen LogP contribution is 2.30. The van der Waals surface area contributed by atoms with Gasteiger partial charge in [0.2, 0.25) is 0 Å². The van der Waals surface area contributed by atoms with Gasteiger partial charge in [0.1, 0.15) is 13.2 Å². The van der Waals surface area contributed by atoms with Crippen LogP contribution in [0.1, 0.15) is 0 Å². The van der Waals surface area contributed by atoms with Crippen LogP contribution in [0.25, 0.3) is 0 Å². The fourth-order valence-electron chi connectivity index (χ4n) is 3.11. The number of carbonyl (C=O) groups is 1. The molecule has 10 heteroatoms. The summed E-state index contributed by atoms with van der Waals surface area (Å²) in [5.74, 6) is 1.13. The maximum Gasteiger partial charge on any atom is 0.319 e. The van der Waals surface area contributed by atoms with E-state index in [2.05, 4.69) is 15.5 Å². The Labute approximate surface area is 183 Å². The van der Waals surface area contributed by atoms with E-state index >= 15 is 0 Å². The molecule has 174 valence electrons. The number of anilines is 1. The fraction of sp³-hybridized carbons (Fsp3) is 0.667. The van der Waals surface area contributed by atoms with Crippen LogP contribution < -0.4 is 20.1 Å². The third-order valence-electron chi connectivity index (χ3n) is 4.73. The predicted octanol–water partition coefficient (Wildman–Crippen LogP) is 0.961. The highest BCUT2D eigenvalue weighted by molar-refractivity contribution is 5.89. The molecule has 2 aliphatic rings. The quantitative estimate of drug-likeness (QED) is 0.716. The van der Waals surface area contributed by atoms with Gasteiger partial charge in [-0.15, -0.1) is 0 Å². The maximum absolute atomic E-state index is 12.2. The second-order valence-corrected chi connectivity index (χ2v) is 7.03. The summed E-state index contributed by atoms with van der Waals surface area (Å²) < 4.78 is 33.3. The number of amides is 2. The number of nitrogens with zero attached hydrogens (tertiary/aromatic N) is 1. The van der Waals surface area contributed by atoms with E-state index in [1.807, 2.05) is 0 Å². The van der Waals surface area contributed by atoms with Crippen molar-refractivity contribution >= 4 is 11.7 Å². The molecule has 2 aliphatic heterocycles. The molecule has 1 aromatic carbocycles. The number of hydrogen-bond acceptors (Lipinski definition) is 8. The molecular formula is C21H33N3O7. The van der Waals surface area contributed by atoms with Gasteiger partial charge in [0, 0.05) is 37.9 Å². The van der Waals surface area contributed by atoms with Gasteiger partial charge in [0.05, 0.1) is 52.9 Å². The van der Waals surface area contributed by atoms with Gasteiger partial charge < -0.3 is 39.1 Å². The number of morpholine rings is 1. The van der Waals surface area contributed by atoms with E-state index in [-0.39, 0.29) is 6.03 Å². The molecule has 2 amide bonds. The van der Waals surface area contributed by atoms with Crippen molar-refractivity contribution in [3.63, 3.8) is 0 Å². The Morgan fingerprint density at radius 2 is 1.35 bits per heavy atom. The Morgan fingerprint density at radius 3 is 2.03 bits per heavy atom. The molecule has 3 rings (SSSR count). The first-order valence-corrected chi connectivity index (χ1v) is 10.8. The highest BCUT2D eigenvalue weighted by Gasteiger charge is 2.12. The number of hydrogen-bond donors (Lipinski definition) is 2. The molecule has 2 N–H and O–H groups in total. The molecule has 0 bridgehead atoms. The van der Waals surface area contributed by atoms with Crippen molar-refractivity contribution in [2.75, 3.05) is 97.6 Å². The Balaban J connectivity index is 1.49. The summed E-state index contributed by atoms with van der Waals surface area (Å²) >= 11 is 0. The first-order valence-electron chi connectivity index (χ1n) is 10.8. The molecular weight excluding hydrogens is 406 g/mol. The van der Waals surface area contributed by atoms with E-state index in [1.54, 1.807) is 18.2 Å². The third kappa shape index (κ3) is 9.28. The number of ether oxygens (including phenoxy) is 6. The number of carbonyl (C=O) groups excluding carboxylic acids is 1. The molecule has 0 radical (unpaired) electrons. The zero-order valence-corrected chi connectivity index (χ0v) is 17.9. The van der Waals surface area contributed by atoms with Crippen molar-refractivity contribution in [3.05, 3.63) is 18.2 Å². The second-order valence-electron chi connectivity index (χ2n) is 7.03. The number of urea groups is 1. The Bertz CT molecular complexity index is 656. The number of nitrogens with one attached hydrogen (secondary N) is 2. The van der Waals surface area contributed by atoms with Crippen molar-refractivity contribution in [3.8, 4) is 11.5 Å². The number of rotatable bonds is 4. The summed E-state index contributed by atoms with van der Waals surface area (Å²) in [7, 11) is 0. The van der Waals surface area contributed by atoms with Crippen LogP contribution >= 0.6 is 0 Å². The van der Waals surface area contributed by atoms with Crippen LogP contribution in [0.4, 0.5) is 10.5 Å². The molecule has 10 nitrogen and oxygen atoms in total. The molecule has 0 aromatic heterocycles. The molecule has 1 aromatic rings. The number of benzene rings is 1. The standard InChI is InChI=1S/C21H33N3O7/c25-21(22-3-4-24-5-7-26-8-6-24)23-18-1-2-19-20(17-18)31-16-14-29-12-10-27-9-11-28-13-15-30-19/h1-2,17H,3-16H2,(H2,22,23,25). The second kappa shape index (κ2) is 14.0. The first-order chi connectivity index (χ1) is 15.3. The van der Waals surface area contributed by atoms with Crippen LogP contribution in [-0.2, 0) is 18.9 Å². The lowest BCUT2D eigenvalue weighted by molar-refractivity contribution is 0.00708. The molecule has 1 fully saturated rings. The van der Waals surface area contributed by atoms with E-state index in [0.717, 1.165) is 32.8 Å². The molecule has 2 heterocycles. The summed E-state index contributed by atoms with van der Waals surface area (Å²) in [5, 5.41) is 5.72. The molecule has 0 atom stereocenters. The summed E-state index contributed by atoms with van der Waals surface area (Å²) in [5.41, 5.74) is 0.620. The van der Waals surface area contributed by atoms with Gasteiger partial charge in [0.25, 0.3) is 0 Å². The van der Waals surface area contributed by atoms with Gasteiger partial charge in [0.15, 0.2) is 11.5 Å². The Kier molecular flexibility index (Phi) is 10.7. The predicted molar refractivity (Wildman–Crippen MR) is 114 cm³/mol. The highest BCUT2D eigenvalue weighted by atomic mass is 16.6. The first kappa shape index (κ1) is 23.6. The monoisotopic (exact) mass is 439 g/mol. The van der Waals surface area contributed by atoms with Crippen molar-refractivity contribution < 1.29 is 33.2 Å². The van der Waals surface area contributed by atoms with Gasteiger partial charge in [-0.25, -0.2) is 4.79 Å². The van der Waals surface area contributed by atoms with Gasteiger partial charge in [-0.1, -0.05) is 0 Å². The van der Waals surface area contributed by atoms with E-state index in [1.165, 1.54) is 0 Å². The molecule has 0 spiro atoms. The van der Waals surface area contributed by atoms with Crippen LogP contribution in [0, 0.1) is 0 Å². The SMILES string of the molecule is O=C(NCCN1CCOCC1)Nc1ccc2c(c1)OCCOCCOCCOCCO2. The Morgan fingerprint density at radius 1 is 0.774 bits per heavy atom.